The van der Waals surface area contributed by atoms with Crippen LogP contribution in [0.5, 0.6) is 0 Å². The van der Waals surface area contributed by atoms with Gasteiger partial charge in [-0.2, -0.15) is 0 Å². The second-order valence-electron chi connectivity index (χ2n) is 3.93. The third kappa shape index (κ3) is 3.66. The van der Waals surface area contributed by atoms with E-state index in [0.717, 1.165) is 8.04 Å². The van der Waals surface area contributed by atoms with E-state index in [1.54, 1.807) is 24.3 Å². The van der Waals surface area contributed by atoms with Crippen LogP contribution in [0.25, 0.3) is 0 Å². The monoisotopic (exact) mass is 528 g/mol. The lowest BCUT2D eigenvalue weighted by molar-refractivity contribution is 0.102. The molecule has 2 aromatic carbocycles. The number of nitrogen functional groups attached to an aromatic ring is 1. The van der Waals surface area contributed by atoms with Crippen molar-refractivity contribution in [3.63, 3.8) is 0 Å². The summed E-state index contributed by atoms with van der Waals surface area (Å²) in [5.74, 6) is -0.258. The molecule has 0 spiro atoms. The molecule has 0 heterocycles. The molecule has 0 atom stereocenters. The predicted molar refractivity (Wildman–Crippen MR) is 98.4 cm³/mol. The van der Waals surface area contributed by atoms with Gasteiger partial charge >= 0.3 is 0 Å². The third-order valence-corrected chi connectivity index (χ3v) is 4.76. The molecule has 0 saturated heterocycles. The Balaban J connectivity index is 2.35. The SMILES string of the molecule is Nc1cc(Br)cc(Br)c1NC(=O)c1cc(Cl)ccc1I. The molecular weight excluding hydrogens is 522 g/mol. The first-order chi connectivity index (χ1) is 9.38. The van der Waals surface area contributed by atoms with E-state index in [9.17, 15) is 4.79 Å². The summed E-state index contributed by atoms with van der Waals surface area (Å²) in [4.78, 5) is 12.3. The van der Waals surface area contributed by atoms with Crippen LogP contribution in [0.2, 0.25) is 5.02 Å². The highest BCUT2D eigenvalue weighted by molar-refractivity contribution is 14.1. The Labute approximate surface area is 151 Å². The normalized spacial score (nSPS) is 10.4. The van der Waals surface area contributed by atoms with Crippen LogP contribution in [0.3, 0.4) is 0 Å². The van der Waals surface area contributed by atoms with Crippen LogP contribution in [0.15, 0.2) is 39.3 Å². The van der Waals surface area contributed by atoms with E-state index in [1.165, 1.54) is 0 Å². The van der Waals surface area contributed by atoms with E-state index >= 15 is 0 Å². The smallest absolute Gasteiger partial charge is 0.256 e. The molecule has 104 valence electrons. The van der Waals surface area contributed by atoms with Crippen molar-refractivity contribution in [1.29, 1.82) is 0 Å². The van der Waals surface area contributed by atoms with Crippen LogP contribution >= 0.6 is 66.1 Å². The van der Waals surface area contributed by atoms with Gasteiger partial charge in [-0.05, 0) is 68.9 Å². The Morgan fingerprint density at radius 1 is 1.25 bits per heavy atom. The lowest BCUT2D eigenvalue weighted by Crippen LogP contribution is -2.15. The summed E-state index contributed by atoms with van der Waals surface area (Å²) in [5.41, 5.74) is 7.43. The first kappa shape index (κ1) is 16.1. The quantitative estimate of drug-likeness (QED) is 0.409. The molecule has 0 aromatic heterocycles. The summed E-state index contributed by atoms with van der Waals surface area (Å²) in [6, 6.07) is 8.70. The number of nitrogens with two attached hydrogens (primary N) is 1. The average molecular weight is 530 g/mol. The molecule has 0 saturated carbocycles. The van der Waals surface area contributed by atoms with Crippen molar-refractivity contribution in [2.75, 3.05) is 11.1 Å². The molecule has 0 bridgehead atoms. The first-order valence-corrected chi connectivity index (χ1v) is 8.43. The highest BCUT2D eigenvalue weighted by Crippen LogP contribution is 2.33. The van der Waals surface area contributed by atoms with Gasteiger partial charge in [0.15, 0.2) is 0 Å². The van der Waals surface area contributed by atoms with Crippen molar-refractivity contribution in [3.05, 3.63) is 53.4 Å². The Morgan fingerprint density at radius 2 is 1.95 bits per heavy atom. The maximum Gasteiger partial charge on any atom is 0.256 e. The second kappa shape index (κ2) is 6.64. The van der Waals surface area contributed by atoms with Gasteiger partial charge in [0.05, 0.1) is 16.9 Å². The van der Waals surface area contributed by atoms with E-state index < -0.39 is 0 Å². The number of anilines is 2. The summed E-state index contributed by atoms with van der Waals surface area (Å²) in [7, 11) is 0. The van der Waals surface area contributed by atoms with Crippen LogP contribution < -0.4 is 11.1 Å². The zero-order valence-electron chi connectivity index (χ0n) is 9.88. The number of hydrogen-bond acceptors (Lipinski definition) is 2. The fourth-order valence-corrected chi connectivity index (χ4v) is 3.69. The van der Waals surface area contributed by atoms with Crippen molar-refractivity contribution in [3.8, 4) is 0 Å². The van der Waals surface area contributed by atoms with Gasteiger partial charge in [0.25, 0.3) is 5.91 Å². The van der Waals surface area contributed by atoms with Crippen LogP contribution in [0, 0.1) is 3.57 Å². The van der Waals surface area contributed by atoms with Crippen molar-refractivity contribution in [2.45, 2.75) is 0 Å². The maximum atomic E-state index is 12.3. The number of carbonyl (C=O) groups is 1. The third-order valence-electron chi connectivity index (χ3n) is 2.50. The van der Waals surface area contributed by atoms with Crippen LogP contribution in [-0.2, 0) is 0 Å². The largest absolute Gasteiger partial charge is 0.397 e. The molecule has 0 unspecified atom stereocenters. The van der Waals surface area contributed by atoms with E-state index in [4.69, 9.17) is 17.3 Å². The second-order valence-corrected chi connectivity index (χ2v) is 7.30. The zero-order valence-corrected chi connectivity index (χ0v) is 16.0. The van der Waals surface area contributed by atoms with E-state index in [0.29, 0.717) is 26.4 Å². The summed E-state index contributed by atoms with van der Waals surface area (Å²) in [6.07, 6.45) is 0. The molecule has 3 N–H and O–H groups in total. The molecule has 0 radical (unpaired) electrons. The van der Waals surface area contributed by atoms with E-state index in [1.807, 2.05) is 6.07 Å². The summed E-state index contributed by atoms with van der Waals surface area (Å²) >= 11 is 14.7. The molecule has 2 aromatic rings. The molecule has 0 aliphatic carbocycles. The van der Waals surface area contributed by atoms with Crippen molar-refractivity contribution in [1.82, 2.24) is 0 Å². The summed E-state index contributed by atoms with van der Waals surface area (Å²) in [5, 5.41) is 3.31. The number of amides is 1. The molecule has 0 fully saturated rings. The molecule has 3 nitrogen and oxygen atoms in total. The number of hydrogen-bond donors (Lipinski definition) is 2. The van der Waals surface area contributed by atoms with Gasteiger partial charge in [-0.15, -0.1) is 0 Å². The molecule has 0 aliphatic heterocycles. The number of rotatable bonds is 2. The van der Waals surface area contributed by atoms with Crippen LogP contribution in [-0.4, -0.2) is 5.91 Å². The zero-order chi connectivity index (χ0) is 14.9. The highest BCUT2D eigenvalue weighted by Gasteiger charge is 2.14. The van der Waals surface area contributed by atoms with Gasteiger partial charge in [0, 0.05) is 17.5 Å². The van der Waals surface area contributed by atoms with E-state index in [-0.39, 0.29) is 5.91 Å². The highest BCUT2D eigenvalue weighted by atomic mass is 127. The topological polar surface area (TPSA) is 55.1 Å². The number of benzene rings is 2. The lowest BCUT2D eigenvalue weighted by atomic mass is 10.2. The molecule has 7 heteroatoms. The van der Waals surface area contributed by atoms with Crippen LogP contribution in [0.1, 0.15) is 10.4 Å². The minimum absolute atomic E-state index is 0.258. The molecule has 0 aliphatic rings. The summed E-state index contributed by atoms with van der Waals surface area (Å²) < 4.78 is 2.35. The van der Waals surface area contributed by atoms with Gasteiger partial charge < -0.3 is 11.1 Å². The van der Waals surface area contributed by atoms with Gasteiger partial charge in [-0.3, -0.25) is 4.79 Å². The van der Waals surface area contributed by atoms with Gasteiger partial charge in [-0.1, -0.05) is 27.5 Å². The number of carbonyl (C=O) groups excluding carboxylic acids is 1. The standard InChI is InChI=1S/C13H8Br2ClIN2O/c14-6-3-9(15)12(11(18)4-6)19-13(20)8-5-7(16)1-2-10(8)17/h1-5H,18H2,(H,19,20). The Morgan fingerprint density at radius 3 is 2.60 bits per heavy atom. The van der Waals surface area contributed by atoms with Gasteiger partial charge in [0.1, 0.15) is 0 Å². The minimum atomic E-state index is -0.258. The van der Waals surface area contributed by atoms with Crippen molar-refractivity contribution in [2.24, 2.45) is 0 Å². The Bertz CT molecular complexity index is 671. The maximum absolute atomic E-state index is 12.3. The summed E-state index contributed by atoms with van der Waals surface area (Å²) in [6.45, 7) is 0. The van der Waals surface area contributed by atoms with Crippen molar-refractivity contribution >= 4 is 83.3 Å². The average Bonchev–Trinajstić information content (AvgIpc) is 2.36. The fraction of sp³-hybridized carbons (Fsp3) is 0. The van der Waals surface area contributed by atoms with Crippen molar-refractivity contribution < 1.29 is 4.79 Å². The Hall–Kier alpha value is -0.310. The fourth-order valence-electron chi connectivity index (χ4n) is 1.58. The number of halogens is 4. The van der Waals surface area contributed by atoms with E-state index in [2.05, 4.69) is 59.8 Å². The predicted octanol–water partition coefficient (Wildman–Crippen LogP) is 5.30. The molecular formula is C13H8Br2ClIN2O. The molecule has 20 heavy (non-hydrogen) atoms. The first-order valence-electron chi connectivity index (χ1n) is 5.39. The Kier molecular flexibility index (Phi) is 5.33. The molecule has 1 amide bonds. The number of nitrogens with one attached hydrogen (secondary N) is 1. The molecule has 2 rings (SSSR count). The minimum Gasteiger partial charge on any atom is -0.397 e. The van der Waals surface area contributed by atoms with Gasteiger partial charge in [-0.25, -0.2) is 0 Å². The van der Waals surface area contributed by atoms with Gasteiger partial charge in [0.2, 0.25) is 0 Å². The lowest BCUT2D eigenvalue weighted by Gasteiger charge is -2.12. The van der Waals surface area contributed by atoms with Crippen LogP contribution in [0.4, 0.5) is 11.4 Å².